The van der Waals surface area contributed by atoms with Crippen LogP contribution in [0.1, 0.15) is 30.9 Å². The molecule has 4 atom stereocenters. The minimum atomic E-state index is -0.591. The Balaban J connectivity index is 1.64. The van der Waals surface area contributed by atoms with Crippen LogP contribution in [-0.4, -0.2) is 22.8 Å². The van der Waals surface area contributed by atoms with Crippen LogP contribution in [0.4, 0.5) is 10.1 Å². The van der Waals surface area contributed by atoms with Gasteiger partial charge in [0, 0.05) is 18.3 Å². The van der Waals surface area contributed by atoms with Crippen molar-refractivity contribution in [2.45, 2.75) is 31.4 Å². The third kappa shape index (κ3) is 5.81. The second kappa shape index (κ2) is 10.6. The van der Waals surface area contributed by atoms with Gasteiger partial charge in [0.15, 0.2) is 0 Å². The molecule has 2 aromatic carbocycles. The minimum Gasteiger partial charge on any atom is -0.508 e. The van der Waals surface area contributed by atoms with Crippen LogP contribution in [0.2, 0.25) is 0 Å². The molecule has 0 aromatic heterocycles. The molecule has 0 aliphatic carbocycles. The molecule has 1 heterocycles. The molecular formula is C25H29FNO2P. The van der Waals surface area contributed by atoms with E-state index in [4.69, 9.17) is 0 Å². The highest BCUT2D eigenvalue weighted by Crippen LogP contribution is 2.37. The number of halogens is 1. The van der Waals surface area contributed by atoms with Gasteiger partial charge in [-0.15, -0.1) is 9.24 Å². The number of nitrogens with zero attached hydrogens (tertiary/aromatic N) is 1. The summed E-state index contributed by atoms with van der Waals surface area (Å²) in [5.41, 5.74) is 1.93. The van der Waals surface area contributed by atoms with Gasteiger partial charge in [0.2, 0.25) is 0 Å². The SMILES string of the molecule is C=C/C=C(O)\C=C/C[C@@H]1[C@@H](CC[C@H](O)c2ccc(F)cc2)CN1c1ccc(P)cc1. The zero-order chi connectivity index (χ0) is 21.5. The molecular weight excluding hydrogens is 396 g/mol. The van der Waals surface area contributed by atoms with Crippen LogP contribution >= 0.6 is 9.24 Å². The van der Waals surface area contributed by atoms with Crippen molar-refractivity contribution in [3.8, 4) is 0 Å². The van der Waals surface area contributed by atoms with E-state index in [0.717, 1.165) is 30.3 Å². The van der Waals surface area contributed by atoms with Crippen molar-refractivity contribution in [1.29, 1.82) is 0 Å². The van der Waals surface area contributed by atoms with Gasteiger partial charge in [-0.1, -0.05) is 43.0 Å². The summed E-state index contributed by atoms with van der Waals surface area (Å²) in [4.78, 5) is 2.37. The summed E-state index contributed by atoms with van der Waals surface area (Å²) in [7, 11) is 2.70. The molecule has 0 amide bonds. The summed E-state index contributed by atoms with van der Waals surface area (Å²) in [5, 5.41) is 21.4. The summed E-state index contributed by atoms with van der Waals surface area (Å²) < 4.78 is 13.1. The maximum absolute atomic E-state index is 13.1. The molecule has 158 valence electrons. The highest BCUT2D eigenvalue weighted by Gasteiger charge is 2.37. The van der Waals surface area contributed by atoms with Gasteiger partial charge in [0.1, 0.15) is 11.6 Å². The lowest BCUT2D eigenvalue weighted by Gasteiger charge is -2.50. The number of aliphatic hydroxyl groups is 2. The summed E-state index contributed by atoms with van der Waals surface area (Å²) in [6, 6.07) is 14.8. The first kappa shape index (κ1) is 22.3. The predicted molar refractivity (Wildman–Crippen MR) is 126 cm³/mol. The molecule has 5 heteroatoms. The first-order valence-electron chi connectivity index (χ1n) is 10.2. The van der Waals surface area contributed by atoms with Crippen molar-refractivity contribution < 1.29 is 14.6 Å². The molecule has 1 fully saturated rings. The summed E-state index contributed by atoms with van der Waals surface area (Å²) in [6.45, 7) is 4.52. The molecule has 2 aromatic rings. The summed E-state index contributed by atoms with van der Waals surface area (Å²) in [6.07, 6.45) is 8.53. The van der Waals surface area contributed by atoms with Gasteiger partial charge in [-0.25, -0.2) is 4.39 Å². The number of hydrogen-bond acceptors (Lipinski definition) is 3. The fourth-order valence-corrected chi connectivity index (χ4v) is 4.11. The minimum absolute atomic E-state index is 0.187. The van der Waals surface area contributed by atoms with Gasteiger partial charge in [-0.05, 0) is 72.5 Å². The van der Waals surface area contributed by atoms with Crippen LogP contribution < -0.4 is 10.2 Å². The Kier molecular flexibility index (Phi) is 7.84. The molecule has 0 bridgehead atoms. The van der Waals surface area contributed by atoms with E-state index in [-0.39, 0.29) is 11.6 Å². The van der Waals surface area contributed by atoms with E-state index < -0.39 is 6.10 Å². The average molecular weight is 425 g/mol. The van der Waals surface area contributed by atoms with E-state index in [2.05, 4.69) is 45.0 Å². The molecule has 0 spiro atoms. The number of anilines is 1. The predicted octanol–water partition coefficient (Wildman–Crippen LogP) is 5.22. The van der Waals surface area contributed by atoms with Crippen molar-refractivity contribution >= 4 is 20.2 Å². The van der Waals surface area contributed by atoms with Crippen LogP contribution in [0, 0.1) is 11.7 Å². The molecule has 1 aliphatic heterocycles. The topological polar surface area (TPSA) is 43.7 Å². The van der Waals surface area contributed by atoms with Crippen LogP contribution in [-0.2, 0) is 0 Å². The normalized spacial score (nSPS) is 20.2. The van der Waals surface area contributed by atoms with E-state index >= 15 is 0 Å². The van der Waals surface area contributed by atoms with E-state index in [9.17, 15) is 14.6 Å². The summed E-state index contributed by atoms with van der Waals surface area (Å²) >= 11 is 0. The lowest BCUT2D eigenvalue weighted by atomic mass is 9.81. The van der Waals surface area contributed by atoms with Crippen molar-refractivity contribution in [3.05, 3.63) is 96.6 Å². The molecule has 30 heavy (non-hydrogen) atoms. The van der Waals surface area contributed by atoms with Gasteiger partial charge in [-0.3, -0.25) is 0 Å². The molecule has 0 saturated carbocycles. The maximum atomic E-state index is 13.1. The van der Waals surface area contributed by atoms with Gasteiger partial charge in [0.25, 0.3) is 0 Å². The second-order valence-electron chi connectivity index (χ2n) is 7.68. The Morgan fingerprint density at radius 3 is 2.57 bits per heavy atom. The Labute approximate surface area is 180 Å². The first-order valence-corrected chi connectivity index (χ1v) is 10.8. The fourth-order valence-electron chi connectivity index (χ4n) is 3.92. The van der Waals surface area contributed by atoms with Gasteiger partial charge < -0.3 is 15.1 Å². The molecule has 0 radical (unpaired) electrons. The van der Waals surface area contributed by atoms with Gasteiger partial charge >= 0.3 is 0 Å². The monoisotopic (exact) mass is 425 g/mol. The third-order valence-electron chi connectivity index (χ3n) is 5.62. The highest BCUT2D eigenvalue weighted by molar-refractivity contribution is 7.27. The summed E-state index contributed by atoms with van der Waals surface area (Å²) in [5.74, 6) is 0.329. The Hall–Kier alpha value is -2.42. The number of hydrogen-bond donors (Lipinski definition) is 2. The average Bonchev–Trinajstić information content (AvgIpc) is 2.72. The van der Waals surface area contributed by atoms with E-state index in [0.29, 0.717) is 18.4 Å². The lowest BCUT2D eigenvalue weighted by Crippen LogP contribution is -2.56. The number of benzene rings is 2. The van der Waals surface area contributed by atoms with Crippen molar-refractivity contribution in [2.24, 2.45) is 5.92 Å². The molecule has 2 N–H and O–H groups in total. The van der Waals surface area contributed by atoms with Gasteiger partial charge in [-0.2, -0.15) is 0 Å². The smallest absolute Gasteiger partial charge is 0.123 e. The molecule has 3 rings (SSSR count). The van der Waals surface area contributed by atoms with Crippen LogP contribution in [0.5, 0.6) is 0 Å². The van der Waals surface area contributed by atoms with Crippen molar-refractivity contribution in [2.75, 3.05) is 11.4 Å². The molecule has 1 aliphatic rings. The largest absolute Gasteiger partial charge is 0.508 e. The van der Waals surface area contributed by atoms with Crippen LogP contribution in [0.25, 0.3) is 0 Å². The quantitative estimate of drug-likeness (QED) is 0.329. The highest BCUT2D eigenvalue weighted by atomic mass is 31.0. The number of allylic oxidation sites excluding steroid dienone is 3. The third-order valence-corrected chi connectivity index (χ3v) is 6.01. The maximum Gasteiger partial charge on any atom is 0.123 e. The van der Waals surface area contributed by atoms with Crippen LogP contribution in [0.15, 0.2) is 85.2 Å². The van der Waals surface area contributed by atoms with E-state index in [1.54, 1.807) is 30.4 Å². The van der Waals surface area contributed by atoms with E-state index in [1.807, 2.05) is 6.08 Å². The fraction of sp³-hybridized carbons (Fsp3) is 0.280. The molecule has 1 unspecified atom stereocenters. The number of aliphatic hydroxyl groups excluding tert-OH is 2. The van der Waals surface area contributed by atoms with Crippen LogP contribution in [0.3, 0.4) is 0 Å². The zero-order valence-corrected chi connectivity index (χ0v) is 18.1. The molecule has 3 nitrogen and oxygen atoms in total. The standard InChI is InChI=1S/C25H29FNO2P/c1-2-4-22(28)5-3-6-24-19(17-27(24)21-12-14-23(30)15-13-21)9-16-25(29)18-7-10-20(26)11-8-18/h2-5,7-8,10-15,19,24-25,28-29H,1,6,9,16-17,30H2/b5-3-,22-4+/t19-,24+,25-/m0/s1. The van der Waals surface area contributed by atoms with Crippen molar-refractivity contribution in [1.82, 2.24) is 0 Å². The van der Waals surface area contributed by atoms with Gasteiger partial charge in [0.05, 0.1) is 6.10 Å². The Morgan fingerprint density at radius 2 is 1.90 bits per heavy atom. The second-order valence-corrected chi connectivity index (χ2v) is 8.35. The zero-order valence-electron chi connectivity index (χ0n) is 17.0. The number of rotatable bonds is 9. The molecule has 1 saturated heterocycles. The van der Waals surface area contributed by atoms with Crippen molar-refractivity contribution in [3.63, 3.8) is 0 Å². The van der Waals surface area contributed by atoms with E-state index in [1.165, 1.54) is 17.8 Å². The lowest BCUT2D eigenvalue weighted by molar-refractivity contribution is 0.144. The first-order chi connectivity index (χ1) is 14.5. The Bertz CT molecular complexity index is 892. The Morgan fingerprint density at radius 1 is 1.20 bits per heavy atom.